The number of alkyl carbamates (subject to hydrolysis) is 1. The van der Waals surface area contributed by atoms with Crippen LogP contribution in [-0.4, -0.2) is 35.5 Å². The lowest BCUT2D eigenvalue weighted by Gasteiger charge is -2.21. The Morgan fingerprint density at radius 1 is 1.27 bits per heavy atom. The minimum absolute atomic E-state index is 0.00898. The molecule has 2 rings (SSSR count). The fourth-order valence-electron chi connectivity index (χ4n) is 2.36. The van der Waals surface area contributed by atoms with Gasteiger partial charge in [0.25, 0.3) is 5.91 Å². The van der Waals surface area contributed by atoms with Gasteiger partial charge in [-0.2, -0.15) is 0 Å². The van der Waals surface area contributed by atoms with Crippen molar-refractivity contribution < 1.29 is 19.1 Å². The predicted octanol–water partition coefficient (Wildman–Crippen LogP) is 3.26. The van der Waals surface area contributed by atoms with Gasteiger partial charge in [-0.15, -0.1) is 0 Å². The third-order valence-corrected chi connectivity index (χ3v) is 4.14. The van der Waals surface area contributed by atoms with Gasteiger partial charge in [0.15, 0.2) is 5.78 Å². The standard InChI is InChI=1S/C19H25ClN2O4/c1-11(21-18(25)26-19(2,3)4)15(23)10-12-6-5-7-14(20)16(12)17(24)22-13-8-9-13/h5-7,11,13H,8-10H2,1-4H3,(H,21,25)(H,22,24)/t11-/m0/s1. The summed E-state index contributed by atoms with van der Waals surface area (Å²) < 4.78 is 5.15. The van der Waals surface area contributed by atoms with Gasteiger partial charge < -0.3 is 15.4 Å². The summed E-state index contributed by atoms with van der Waals surface area (Å²) in [5.74, 6) is -0.507. The van der Waals surface area contributed by atoms with Crippen molar-refractivity contribution in [2.75, 3.05) is 0 Å². The van der Waals surface area contributed by atoms with Crippen molar-refractivity contribution in [1.29, 1.82) is 0 Å². The zero-order chi connectivity index (χ0) is 19.5. The number of ether oxygens (including phenoxy) is 1. The molecule has 7 heteroatoms. The van der Waals surface area contributed by atoms with Gasteiger partial charge in [-0.1, -0.05) is 23.7 Å². The first-order valence-corrected chi connectivity index (χ1v) is 9.05. The highest BCUT2D eigenvalue weighted by Gasteiger charge is 2.27. The lowest BCUT2D eigenvalue weighted by molar-refractivity contribution is -0.120. The Balaban J connectivity index is 2.05. The first kappa shape index (κ1) is 20.2. The van der Waals surface area contributed by atoms with E-state index < -0.39 is 17.7 Å². The van der Waals surface area contributed by atoms with Crippen LogP contribution in [0.25, 0.3) is 0 Å². The van der Waals surface area contributed by atoms with E-state index in [9.17, 15) is 14.4 Å². The molecule has 2 amide bonds. The molecule has 1 saturated carbocycles. The molecule has 1 aromatic carbocycles. The van der Waals surface area contributed by atoms with E-state index in [1.807, 2.05) is 0 Å². The molecular weight excluding hydrogens is 356 g/mol. The quantitative estimate of drug-likeness (QED) is 0.793. The zero-order valence-electron chi connectivity index (χ0n) is 15.5. The Morgan fingerprint density at radius 2 is 1.92 bits per heavy atom. The van der Waals surface area contributed by atoms with Crippen LogP contribution in [0.5, 0.6) is 0 Å². The van der Waals surface area contributed by atoms with Crippen LogP contribution in [0.2, 0.25) is 5.02 Å². The number of hydrogen-bond donors (Lipinski definition) is 2. The van der Waals surface area contributed by atoms with Crippen LogP contribution >= 0.6 is 11.6 Å². The van der Waals surface area contributed by atoms with Crippen molar-refractivity contribution in [2.24, 2.45) is 0 Å². The zero-order valence-corrected chi connectivity index (χ0v) is 16.3. The molecule has 1 atom stereocenters. The third kappa shape index (κ3) is 6.02. The van der Waals surface area contributed by atoms with E-state index in [-0.39, 0.29) is 24.2 Å². The van der Waals surface area contributed by atoms with Gasteiger partial charge in [-0.25, -0.2) is 4.79 Å². The van der Waals surface area contributed by atoms with Gasteiger partial charge in [-0.3, -0.25) is 9.59 Å². The molecule has 0 radical (unpaired) electrons. The smallest absolute Gasteiger partial charge is 0.408 e. The van der Waals surface area contributed by atoms with E-state index >= 15 is 0 Å². The average Bonchev–Trinajstić information content (AvgIpc) is 3.28. The van der Waals surface area contributed by atoms with E-state index in [2.05, 4.69) is 10.6 Å². The highest BCUT2D eigenvalue weighted by molar-refractivity contribution is 6.34. The van der Waals surface area contributed by atoms with Crippen molar-refractivity contribution >= 4 is 29.4 Å². The normalized spacial score (nSPS) is 15.1. The van der Waals surface area contributed by atoms with Gasteiger partial charge in [0.1, 0.15) is 5.60 Å². The van der Waals surface area contributed by atoms with Crippen molar-refractivity contribution in [1.82, 2.24) is 10.6 Å². The molecule has 1 aliphatic carbocycles. The van der Waals surface area contributed by atoms with E-state index in [0.29, 0.717) is 16.1 Å². The number of ketones is 1. The van der Waals surface area contributed by atoms with Gasteiger partial charge >= 0.3 is 6.09 Å². The average molecular weight is 381 g/mol. The summed E-state index contributed by atoms with van der Waals surface area (Å²) >= 11 is 6.19. The first-order chi connectivity index (χ1) is 12.1. The molecule has 0 unspecified atom stereocenters. The van der Waals surface area contributed by atoms with Crippen molar-refractivity contribution in [2.45, 2.75) is 64.6 Å². The molecule has 0 heterocycles. The SMILES string of the molecule is C[C@H](NC(=O)OC(C)(C)C)C(=O)Cc1cccc(Cl)c1C(=O)NC1CC1. The monoisotopic (exact) mass is 380 g/mol. The van der Waals surface area contributed by atoms with Crippen LogP contribution in [-0.2, 0) is 16.0 Å². The van der Waals surface area contributed by atoms with Crippen LogP contribution in [0.4, 0.5) is 4.79 Å². The molecule has 142 valence electrons. The number of carbonyl (C=O) groups is 3. The Labute approximate surface area is 158 Å². The van der Waals surface area contributed by atoms with E-state index in [4.69, 9.17) is 16.3 Å². The second kappa shape index (κ2) is 8.08. The Kier molecular flexibility index (Phi) is 6.29. The lowest BCUT2D eigenvalue weighted by atomic mass is 9.99. The minimum atomic E-state index is -0.747. The molecule has 0 aromatic heterocycles. The second-order valence-corrected chi connectivity index (χ2v) is 7.94. The van der Waals surface area contributed by atoms with E-state index in [1.54, 1.807) is 45.9 Å². The van der Waals surface area contributed by atoms with Gasteiger partial charge in [0.05, 0.1) is 16.6 Å². The summed E-state index contributed by atoms with van der Waals surface area (Å²) in [6, 6.07) is 4.47. The van der Waals surface area contributed by atoms with Gasteiger partial charge in [0.2, 0.25) is 0 Å². The number of Topliss-reactive ketones (excluding diaryl/α,β-unsaturated/α-hetero) is 1. The molecule has 6 nitrogen and oxygen atoms in total. The molecular formula is C19H25ClN2O4. The van der Waals surface area contributed by atoms with Crippen LogP contribution < -0.4 is 10.6 Å². The van der Waals surface area contributed by atoms with Crippen molar-refractivity contribution in [3.63, 3.8) is 0 Å². The highest BCUT2D eigenvalue weighted by Crippen LogP contribution is 2.24. The van der Waals surface area contributed by atoms with E-state index in [1.165, 1.54) is 0 Å². The number of halogens is 1. The van der Waals surface area contributed by atoms with Gasteiger partial charge in [-0.05, 0) is 52.2 Å². The Hall–Kier alpha value is -2.08. The fourth-order valence-corrected chi connectivity index (χ4v) is 2.64. The Bertz CT molecular complexity index is 708. The molecule has 26 heavy (non-hydrogen) atoms. The lowest BCUT2D eigenvalue weighted by Crippen LogP contribution is -2.42. The second-order valence-electron chi connectivity index (χ2n) is 7.53. The van der Waals surface area contributed by atoms with Crippen LogP contribution in [0.3, 0.4) is 0 Å². The summed E-state index contributed by atoms with van der Waals surface area (Å²) in [7, 11) is 0. The molecule has 1 aromatic rings. The molecule has 1 aliphatic rings. The number of hydrogen-bond acceptors (Lipinski definition) is 4. The topological polar surface area (TPSA) is 84.5 Å². The maximum atomic E-state index is 12.5. The maximum absolute atomic E-state index is 12.5. The van der Waals surface area contributed by atoms with Crippen molar-refractivity contribution in [3.05, 3.63) is 34.3 Å². The molecule has 0 bridgehead atoms. The molecule has 0 saturated heterocycles. The van der Waals surface area contributed by atoms with Crippen molar-refractivity contribution in [3.8, 4) is 0 Å². The summed E-state index contributed by atoms with van der Waals surface area (Å²) in [5, 5.41) is 5.71. The minimum Gasteiger partial charge on any atom is -0.444 e. The van der Waals surface area contributed by atoms with Crippen LogP contribution in [0.15, 0.2) is 18.2 Å². The maximum Gasteiger partial charge on any atom is 0.408 e. The molecule has 0 aliphatic heterocycles. The highest BCUT2D eigenvalue weighted by atomic mass is 35.5. The Morgan fingerprint density at radius 3 is 2.50 bits per heavy atom. The summed E-state index contributed by atoms with van der Waals surface area (Å²) in [6.07, 6.45) is 1.25. The van der Waals surface area contributed by atoms with Crippen LogP contribution in [0.1, 0.15) is 56.5 Å². The van der Waals surface area contributed by atoms with Gasteiger partial charge in [0, 0.05) is 12.5 Å². The molecule has 0 spiro atoms. The number of amides is 2. The summed E-state index contributed by atoms with van der Waals surface area (Å²) in [4.78, 5) is 36.7. The van der Waals surface area contributed by atoms with E-state index in [0.717, 1.165) is 12.8 Å². The summed E-state index contributed by atoms with van der Waals surface area (Å²) in [6.45, 7) is 6.82. The third-order valence-electron chi connectivity index (χ3n) is 3.82. The fraction of sp³-hybridized carbons (Fsp3) is 0.526. The number of carbonyl (C=O) groups excluding carboxylic acids is 3. The predicted molar refractivity (Wildman–Crippen MR) is 99.5 cm³/mol. The molecule has 1 fully saturated rings. The summed E-state index contributed by atoms with van der Waals surface area (Å²) in [5.41, 5.74) is 0.214. The van der Waals surface area contributed by atoms with Crippen LogP contribution in [0, 0.1) is 0 Å². The number of rotatable bonds is 6. The first-order valence-electron chi connectivity index (χ1n) is 8.67. The molecule has 2 N–H and O–H groups in total. The largest absolute Gasteiger partial charge is 0.444 e. The number of benzene rings is 1. The number of nitrogens with one attached hydrogen (secondary N) is 2.